The van der Waals surface area contributed by atoms with Gasteiger partial charge < -0.3 is 19.1 Å². The lowest BCUT2D eigenvalue weighted by atomic mass is 9.33. The molecule has 0 N–H and O–H groups in total. The van der Waals surface area contributed by atoms with Gasteiger partial charge in [-0.1, -0.05) is 145 Å². The molecule has 9 aromatic rings. The molecule has 5 heterocycles. The van der Waals surface area contributed by atoms with Crippen LogP contribution in [0.5, 0.6) is 0 Å². The van der Waals surface area contributed by atoms with E-state index in [0.717, 1.165) is 33.3 Å². The van der Waals surface area contributed by atoms with Crippen LogP contribution in [0.1, 0.15) is 86.2 Å². The number of aryl methyl sites for hydroxylation is 2. The molecule has 0 spiro atoms. The highest BCUT2D eigenvalue weighted by Crippen LogP contribution is 2.65. The van der Waals surface area contributed by atoms with Crippen molar-refractivity contribution in [3.05, 3.63) is 191 Å². The fourth-order valence-corrected chi connectivity index (χ4v) is 13.1. The predicted molar refractivity (Wildman–Crippen MR) is 281 cm³/mol. The molecule has 0 bridgehead atoms. The summed E-state index contributed by atoms with van der Waals surface area (Å²) in [6, 6.07) is 59.7. The fourth-order valence-electron chi connectivity index (χ4n) is 11.6. The lowest BCUT2D eigenvalue weighted by molar-refractivity contribution is 0.590. The number of nitrogens with zero attached hydrogens (tertiary/aromatic N) is 3. The molecule has 0 aliphatic carbocycles. The lowest BCUT2D eigenvalue weighted by Crippen LogP contribution is -2.62. The van der Waals surface area contributed by atoms with Gasteiger partial charge in [-0.05, 0) is 129 Å². The van der Waals surface area contributed by atoms with Gasteiger partial charge in [0.05, 0.1) is 17.0 Å². The van der Waals surface area contributed by atoms with E-state index in [1.54, 1.807) is 0 Å². The van der Waals surface area contributed by atoms with Crippen molar-refractivity contribution in [3.63, 3.8) is 0 Å². The van der Waals surface area contributed by atoms with Gasteiger partial charge in [-0.3, -0.25) is 0 Å². The number of hydrogen-bond donors (Lipinski definition) is 0. The first kappa shape index (κ1) is 39.7. The molecule has 0 amide bonds. The zero-order valence-corrected chi connectivity index (χ0v) is 39.7. The number of fused-ring (bicyclic) bond motifs is 12. The van der Waals surface area contributed by atoms with E-state index in [0.29, 0.717) is 0 Å². The van der Waals surface area contributed by atoms with Crippen LogP contribution in [0.2, 0.25) is 0 Å². The van der Waals surface area contributed by atoms with Crippen LogP contribution < -0.4 is 31.1 Å². The number of para-hydroxylation sites is 4. The average Bonchev–Trinajstić information content (AvgIpc) is 3.98. The maximum Gasteiger partial charge on any atom is 0.252 e. The van der Waals surface area contributed by atoms with Crippen LogP contribution in [0.15, 0.2) is 167 Å². The van der Waals surface area contributed by atoms with Gasteiger partial charge in [-0.15, -0.1) is 11.8 Å². The lowest BCUT2D eigenvalue weighted by Gasteiger charge is -2.45. The summed E-state index contributed by atoms with van der Waals surface area (Å²) in [6.07, 6.45) is 0. The van der Waals surface area contributed by atoms with Gasteiger partial charge in [0, 0.05) is 55.5 Å². The summed E-state index contributed by atoms with van der Waals surface area (Å²) < 4.78 is 7.00. The van der Waals surface area contributed by atoms with Gasteiger partial charge in [0.1, 0.15) is 5.58 Å². The number of hydrogen-bond acceptors (Lipinski definition) is 5. The molecule has 0 radical (unpaired) electrons. The summed E-state index contributed by atoms with van der Waals surface area (Å²) in [5.74, 6) is 0. The van der Waals surface area contributed by atoms with Gasteiger partial charge in [-0.2, -0.15) is 0 Å². The molecule has 13 rings (SSSR count). The van der Waals surface area contributed by atoms with Crippen molar-refractivity contribution in [1.82, 2.24) is 0 Å². The minimum absolute atomic E-state index is 0.00376. The van der Waals surface area contributed by atoms with E-state index in [1.165, 1.54) is 88.8 Å². The van der Waals surface area contributed by atoms with Gasteiger partial charge in [0.15, 0.2) is 5.58 Å². The van der Waals surface area contributed by atoms with Crippen LogP contribution in [0.25, 0.3) is 21.9 Å². The van der Waals surface area contributed by atoms with Crippen molar-refractivity contribution in [2.24, 2.45) is 0 Å². The highest BCUT2D eigenvalue weighted by molar-refractivity contribution is 8.00. The minimum atomic E-state index is -0.132. The Morgan fingerprint density at radius 2 is 1.21 bits per heavy atom. The zero-order valence-electron chi connectivity index (χ0n) is 38.9. The van der Waals surface area contributed by atoms with Crippen LogP contribution in [-0.2, 0) is 10.8 Å². The van der Waals surface area contributed by atoms with Crippen LogP contribution in [0.4, 0.5) is 45.5 Å². The molecule has 66 heavy (non-hydrogen) atoms. The Hall–Kier alpha value is -6.63. The number of furan rings is 1. The van der Waals surface area contributed by atoms with Crippen LogP contribution >= 0.6 is 11.8 Å². The largest absolute Gasteiger partial charge is 0.454 e. The van der Waals surface area contributed by atoms with Crippen molar-refractivity contribution in [1.29, 1.82) is 0 Å². The molecule has 2 atom stereocenters. The first-order valence-corrected chi connectivity index (χ1v) is 24.4. The third kappa shape index (κ3) is 5.60. The summed E-state index contributed by atoms with van der Waals surface area (Å²) in [5, 5.41) is 2.54. The Morgan fingerprint density at radius 1 is 0.561 bits per heavy atom. The van der Waals surface area contributed by atoms with Crippen LogP contribution in [-0.4, -0.2) is 6.71 Å². The molecular weight excluding hydrogens is 822 g/mol. The van der Waals surface area contributed by atoms with Crippen molar-refractivity contribution >= 4 is 102 Å². The van der Waals surface area contributed by atoms with Crippen molar-refractivity contribution < 1.29 is 4.42 Å². The summed E-state index contributed by atoms with van der Waals surface area (Å²) in [7, 11) is 0. The van der Waals surface area contributed by atoms with E-state index >= 15 is 0 Å². The van der Waals surface area contributed by atoms with Crippen LogP contribution in [0.3, 0.4) is 0 Å². The third-order valence-electron chi connectivity index (χ3n) is 14.9. The molecule has 4 nitrogen and oxygen atoms in total. The van der Waals surface area contributed by atoms with Gasteiger partial charge in [-0.25, -0.2) is 0 Å². The number of benzene rings is 8. The highest BCUT2D eigenvalue weighted by Gasteiger charge is 2.54. The van der Waals surface area contributed by atoms with Crippen LogP contribution in [0, 0.1) is 13.8 Å². The molecule has 0 saturated carbocycles. The molecule has 322 valence electrons. The Balaban J connectivity index is 1.17. The number of anilines is 8. The SMILES string of the molecule is Cc1ccccc1N(c1ccc2c(c1)N(c1cccc3c1oc1ccccc13)c1cc(C(C)(C)C)cc3c1B2c1cc(C(C)(C)C)cc2c1N3C1c3ccccc3SC21)c1ccccc1C. The molecule has 1 aromatic heterocycles. The van der Waals surface area contributed by atoms with Gasteiger partial charge >= 0.3 is 0 Å². The Bertz CT molecular complexity index is 3470. The smallest absolute Gasteiger partial charge is 0.252 e. The van der Waals surface area contributed by atoms with E-state index in [1.807, 2.05) is 0 Å². The molecule has 0 fully saturated rings. The van der Waals surface area contributed by atoms with E-state index in [2.05, 4.69) is 240 Å². The average molecular weight is 874 g/mol. The first-order valence-electron chi connectivity index (χ1n) is 23.5. The molecular formula is C60H52BN3OS. The molecule has 0 saturated heterocycles. The summed E-state index contributed by atoms with van der Waals surface area (Å²) in [4.78, 5) is 9.22. The third-order valence-corrected chi connectivity index (χ3v) is 16.3. The second kappa shape index (κ2) is 13.9. The topological polar surface area (TPSA) is 22.9 Å². The fraction of sp³-hybridized carbons (Fsp3) is 0.200. The molecule has 4 aliphatic rings. The maximum atomic E-state index is 7.00. The van der Waals surface area contributed by atoms with E-state index in [4.69, 9.17) is 4.42 Å². The van der Waals surface area contributed by atoms with Gasteiger partial charge in [0.2, 0.25) is 0 Å². The normalized spacial score (nSPS) is 16.6. The Labute approximate surface area is 393 Å². The Morgan fingerprint density at radius 3 is 1.95 bits per heavy atom. The molecule has 6 heteroatoms. The number of rotatable bonds is 4. The molecule has 8 aromatic carbocycles. The van der Waals surface area contributed by atoms with E-state index < -0.39 is 0 Å². The first-order chi connectivity index (χ1) is 31.8. The van der Waals surface area contributed by atoms with Crippen molar-refractivity contribution in [2.45, 2.75) is 82.4 Å². The Kier molecular flexibility index (Phi) is 8.39. The minimum Gasteiger partial charge on any atom is -0.454 e. The van der Waals surface area contributed by atoms with Crippen molar-refractivity contribution in [2.75, 3.05) is 14.7 Å². The second-order valence-electron chi connectivity index (χ2n) is 21.0. The molecule has 2 unspecified atom stereocenters. The maximum absolute atomic E-state index is 7.00. The van der Waals surface area contributed by atoms with Crippen molar-refractivity contribution in [3.8, 4) is 0 Å². The molecule has 4 aliphatic heterocycles. The summed E-state index contributed by atoms with van der Waals surface area (Å²) in [6.45, 7) is 18.7. The van der Waals surface area contributed by atoms with E-state index in [9.17, 15) is 0 Å². The number of thioether (sulfide) groups is 1. The zero-order chi connectivity index (χ0) is 45.0. The second-order valence-corrected chi connectivity index (χ2v) is 22.2. The monoisotopic (exact) mass is 873 g/mol. The highest BCUT2D eigenvalue weighted by atomic mass is 32.2. The predicted octanol–water partition coefficient (Wildman–Crippen LogP) is 14.9. The van der Waals surface area contributed by atoms with E-state index in [-0.39, 0.29) is 28.8 Å². The standard InChI is InChI=1S/C60H52BN3OS/c1-35-18-9-13-23-46(35)62(47-24-14-10-19-36(47)2)39-28-29-44-49(34-39)63(48-25-17-22-41-40-20-11-15-26-52(40)65-57(41)48)50-32-38(60(6,7)8)33-51-54(50)61(44)45-31-37(59(3,4)5)30-43-55(45)64(51)56-42-21-12-16-27-53(42)66-58(43)56/h9-34,56,58H,1-8H3. The summed E-state index contributed by atoms with van der Waals surface area (Å²) >= 11 is 2.06. The summed E-state index contributed by atoms with van der Waals surface area (Å²) in [5.41, 5.74) is 23.3. The van der Waals surface area contributed by atoms with Gasteiger partial charge in [0.25, 0.3) is 6.71 Å². The quantitative estimate of drug-likeness (QED) is 0.164.